The number of aromatic nitrogens is 2. The number of rotatable bonds is 8. The molecule has 0 saturated carbocycles. The number of benzene rings is 2. The first-order valence-corrected chi connectivity index (χ1v) is 12.1. The van der Waals surface area contributed by atoms with Gasteiger partial charge < -0.3 is 10.2 Å². The standard InChI is InChI=1S/C26H30N4OS/c1-20-7-5-11-23(19-20)32-26-24(27-15-16-29-26)30-17-12-22(13-18-30)25(31)28-14-6-10-21-8-3-2-4-9-21/h2-5,7-9,11,15-16,19,22H,6,10,12-14,17-18H2,1H3,(H,28,31). The van der Waals surface area contributed by atoms with Crippen molar-refractivity contribution in [3.05, 3.63) is 78.1 Å². The first-order valence-electron chi connectivity index (χ1n) is 11.3. The Balaban J connectivity index is 1.27. The van der Waals surface area contributed by atoms with Crippen molar-refractivity contribution >= 4 is 23.5 Å². The lowest BCUT2D eigenvalue weighted by molar-refractivity contribution is -0.125. The van der Waals surface area contributed by atoms with Crippen LogP contribution in [0.2, 0.25) is 0 Å². The monoisotopic (exact) mass is 446 g/mol. The maximum Gasteiger partial charge on any atom is 0.223 e. The highest BCUT2D eigenvalue weighted by atomic mass is 32.2. The molecule has 1 fully saturated rings. The summed E-state index contributed by atoms with van der Waals surface area (Å²) in [4.78, 5) is 25.3. The number of carbonyl (C=O) groups excluding carboxylic acids is 1. The molecule has 1 aromatic heterocycles. The van der Waals surface area contributed by atoms with Crippen molar-refractivity contribution in [3.8, 4) is 0 Å². The van der Waals surface area contributed by atoms with Crippen LogP contribution in [-0.2, 0) is 11.2 Å². The van der Waals surface area contributed by atoms with E-state index in [0.717, 1.165) is 61.1 Å². The topological polar surface area (TPSA) is 58.1 Å². The highest BCUT2D eigenvalue weighted by Gasteiger charge is 2.27. The fourth-order valence-corrected chi connectivity index (χ4v) is 5.05. The largest absolute Gasteiger partial charge is 0.356 e. The van der Waals surface area contributed by atoms with Crippen molar-refractivity contribution in [2.24, 2.45) is 5.92 Å². The Morgan fingerprint density at radius 3 is 2.62 bits per heavy atom. The molecule has 0 radical (unpaired) electrons. The van der Waals surface area contributed by atoms with E-state index < -0.39 is 0 Å². The van der Waals surface area contributed by atoms with Gasteiger partial charge in [0.2, 0.25) is 5.91 Å². The number of hydrogen-bond acceptors (Lipinski definition) is 5. The number of carbonyl (C=O) groups is 1. The number of aryl methyl sites for hydroxylation is 2. The second kappa shape index (κ2) is 11.1. The van der Waals surface area contributed by atoms with Crippen LogP contribution in [0.25, 0.3) is 0 Å². The van der Waals surface area contributed by atoms with Gasteiger partial charge in [-0.1, -0.05) is 59.8 Å². The smallest absolute Gasteiger partial charge is 0.223 e. The lowest BCUT2D eigenvalue weighted by atomic mass is 9.96. The predicted molar refractivity (Wildman–Crippen MR) is 130 cm³/mol. The Morgan fingerprint density at radius 1 is 1.06 bits per heavy atom. The van der Waals surface area contributed by atoms with Gasteiger partial charge in [-0.15, -0.1) is 0 Å². The quantitative estimate of drug-likeness (QED) is 0.499. The second-order valence-electron chi connectivity index (χ2n) is 8.25. The van der Waals surface area contributed by atoms with E-state index in [9.17, 15) is 4.79 Å². The Hall–Kier alpha value is -2.86. The van der Waals surface area contributed by atoms with Gasteiger partial charge in [-0.2, -0.15) is 0 Å². The zero-order valence-electron chi connectivity index (χ0n) is 18.5. The number of hydrogen-bond donors (Lipinski definition) is 1. The normalized spacial score (nSPS) is 14.3. The molecular weight excluding hydrogens is 416 g/mol. The summed E-state index contributed by atoms with van der Waals surface area (Å²) in [5.41, 5.74) is 2.55. The van der Waals surface area contributed by atoms with Gasteiger partial charge in [-0.05, 0) is 50.3 Å². The Morgan fingerprint density at radius 2 is 1.84 bits per heavy atom. The molecule has 2 heterocycles. The predicted octanol–water partition coefficient (Wildman–Crippen LogP) is 4.90. The van der Waals surface area contributed by atoms with Crippen molar-refractivity contribution in [3.63, 3.8) is 0 Å². The molecule has 6 heteroatoms. The Labute approximate surface area is 194 Å². The first-order chi connectivity index (χ1) is 15.7. The molecule has 166 valence electrons. The summed E-state index contributed by atoms with van der Waals surface area (Å²) in [5, 5.41) is 4.06. The van der Waals surface area contributed by atoms with Crippen LogP contribution in [0.5, 0.6) is 0 Å². The zero-order valence-corrected chi connectivity index (χ0v) is 19.4. The van der Waals surface area contributed by atoms with Gasteiger partial charge in [-0.25, -0.2) is 9.97 Å². The lowest BCUT2D eigenvalue weighted by Crippen LogP contribution is -2.41. The van der Waals surface area contributed by atoms with E-state index in [4.69, 9.17) is 0 Å². The molecular formula is C26H30N4OS. The molecule has 1 saturated heterocycles. The molecule has 0 bridgehead atoms. The highest BCUT2D eigenvalue weighted by molar-refractivity contribution is 7.99. The number of nitrogens with zero attached hydrogens (tertiary/aromatic N) is 3. The van der Waals surface area contributed by atoms with E-state index >= 15 is 0 Å². The van der Waals surface area contributed by atoms with Crippen molar-refractivity contribution in [2.45, 2.75) is 42.5 Å². The maximum absolute atomic E-state index is 12.6. The lowest BCUT2D eigenvalue weighted by Gasteiger charge is -2.32. The molecule has 0 atom stereocenters. The summed E-state index contributed by atoms with van der Waals surface area (Å²) in [6.07, 6.45) is 7.14. The van der Waals surface area contributed by atoms with Crippen molar-refractivity contribution in [2.75, 3.05) is 24.5 Å². The molecule has 5 nitrogen and oxygen atoms in total. The summed E-state index contributed by atoms with van der Waals surface area (Å²) in [5.74, 6) is 1.18. The summed E-state index contributed by atoms with van der Waals surface area (Å²) in [6.45, 7) is 4.47. The van der Waals surface area contributed by atoms with Gasteiger partial charge in [0.1, 0.15) is 5.03 Å². The minimum absolute atomic E-state index is 0.0764. The van der Waals surface area contributed by atoms with Gasteiger partial charge in [-0.3, -0.25) is 4.79 Å². The summed E-state index contributed by atoms with van der Waals surface area (Å²) in [7, 11) is 0. The van der Waals surface area contributed by atoms with E-state index in [0.29, 0.717) is 0 Å². The summed E-state index contributed by atoms with van der Waals surface area (Å²) in [6, 6.07) is 18.8. The van der Waals surface area contributed by atoms with Crippen LogP contribution in [0.4, 0.5) is 5.82 Å². The fourth-order valence-electron chi connectivity index (χ4n) is 4.04. The van der Waals surface area contributed by atoms with Crippen LogP contribution in [0, 0.1) is 12.8 Å². The highest BCUT2D eigenvalue weighted by Crippen LogP contribution is 2.34. The van der Waals surface area contributed by atoms with Crippen LogP contribution in [0.3, 0.4) is 0 Å². The van der Waals surface area contributed by atoms with Gasteiger partial charge in [0.25, 0.3) is 0 Å². The minimum atomic E-state index is 0.0764. The van der Waals surface area contributed by atoms with Gasteiger partial charge in [0.15, 0.2) is 5.82 Å². The first kappa shape index (κ1) is 22.3. The van der Waals surface area contributed by atoms with Crippen molar-refractivity contribution in [1.82, 2.24) is 15.3 Å². The second-order valence-corrected chi connectivity index (χ2v) is 9.31. The van der Waals surface area contributed by atoms with Crippen LogP contribution in [0.1, 0.15) is 30.4 Å². The number of nitrogens with one attached hydrogen (secondary N) is 1. The fraction of sp³-hybridized carbons (Fsp3) is 0.346. The Kier molecular flexibility index (Phi) is 7.77. The number of piperidine rings is 1. The minimum Gasteiger partial charge on any atom is -0.356 e. The number of amides is 1. The summed E-state index contributed by atoms with van der Waals surface area (Å²) < 4.78 is 0. The molecule has 1 amide bonds. The molecule has 0 aliphatic carbocycles. The van der Waals surface area contributed by atoms with Gasteiger partial charge >= 0.3 is 0 Å². The van der Waals surface area contributed by atoms with Crippen LogP contribution < -0.4 is 10.2 Å². The average molecular weight is 447 g/mol. The molecule has 0 unspecified atom stereocenters. The zero-order chi connectivity index (χ0) is 22.2. The van der Waals surface area contributed by atoms with E-state index in [1.807, 2.05) is 6.07 Å². The van der Waals surface area contributed by atoms with Crippen molar-refractivity contribution in [1.29, 1.82) is 0 Å². The SMILES string of the molecule is Cc1cccc(Sc2nccnc2N2CCC(C(=O)NCCCc3ccccc3)CC2)c1. The van der Waals surface area contributed by atoms with Gasteiger partial charge in [0, 0.05) is 42.8 Å². The molecule has 32 heavy (non-hydrogen) atoms. The van der Waals surface area contributed by atoms with Crippen LogP contribution in [0.15, 0.2) is 76.9 Å². The average Bonchev–Trinajstić information content (AvgIpc) is 2.83. The molecule has 3 aromatic rings. The molecule has 1 aliphatic heterocycles. The molecule has 1 N–H and O–H groups in total. The maximum atomic E-state index is 12.6. The third kappa shape index (κ3) is 6.10. The Bertz CT molecular complexity index is 1020. The molecule has 2 aromatic carbocycles. The molecule has 1 aliphatic rings. The van der Waals surface area contributed by atoms with E-state index in [2.05, 4.69) is 75.6 Å². The molecule has 0 spiro atoms. The third-order valence-electron chi connectivity index (χ3n) is 5.80. The number of anilines is 1. The molecule has 4 rings (SSSR count). The van der Waals surface area contributed by atoms with E-state index in [1.54, 1.807) is 24.2 Å². The van der Waals surface area contributed by atoms with Crippen molar-refractivity contribution < 1.29 is 4.79 Å². The van der Waals surface area contributed by atoms with E-state index in [1.165, 1.54) is 11.1 Å². The van der Waals surface area contributed by atoms with Crippen LogP contribution >= 0.6 is 11.8 Å². The third-order valence-corrected chi connectivity index (χ3v) is 6.77. The summed E-state index contributed by atoms with van der Waals surface area (Å²) >= 11 is 1.65. The van der Waals surface area contributed by atoms with E-state index in [-0.39, 0.29) is 11.8 Å². The van der Waals surface area contributed by atoms with Crippen LogP contribution in [-0.4, -0.2) is 35.5 Å². The van der Waals surface area contributed by atoms with Gasteiger partial charge in [0.05, 0.1) is 0 Å².